The molecule has 0 aromatic rings. The Morgan fingerprint density at radius 2 is 2.12 bits per heavy atom. The van der Waals surface area contributed by atoms with Gasteiger partial charge >= 0.3 is 0 Å². The van der Waals surface area contributed by atoms with Crippen LogP contribution in [0.3, 0.4) is 0 Å². The standard InChI is InChI=1S/C4H8O4/c5-1-3-4(7,2-6)8-3/h3,5-7H,1-2H2. The highest BCUT2D eigenvalue weighted by Crippen LogP contribution is 2.31. The van der Waals surface area contributed by atoms with Crippen molar-refractivity contribution in [3.63, 3.8) is 0 Å². The maximum absolute atomic E-state index is 8.77. The highest BCUT2D eigenvalue weighted by molar-refractivity contribution is 4.91. The van der Waals surface area contributed by atoms with E-state index in [1.165, 1.54) is 0 Å². The van der Waals surface area contributed by atoms with Gasteiger partial charge < -0.3 is 20.1 Å². The maximum atomic E-state index is 8.77. The number of hydrogen-bond donors (Lipinski definition) is 3. The SMILES string of the molecule is OCC1OC1(O)CO. The molecule has 0 aromatic heterocycles. The fourth-order valence-electron chi connectivity index (χ4n) is 0.531. The molecular formula is C4H8O4. The minimum absolute atomic E-state index is 0.239. The first-order chi connectivity index (χ1) is 3.73. The monoisotopic (exact) mass is 120 g/mol. The zero-order valence-electron chi connectivity index (χ0n) is 4.24. The van der Waals surface area contributed by atoms with E-state index in [1.54, 1.807) is 0 Å². The summed E-state index contributed by atoms with van der Waals surface area (Å²) in [4.78, 5) is 0. The average molecular weight is 120 g/mol. The predicted octanol–water partition coefficient (Wildman–Crippen LogP) is -1.94. The molecule has 0 spiro atoms. The van der Waals surface area contributed by atoms with Crippen molar-refractivity contribution >= 4 is 0 Å². The molecule has 4 nitrogen and oxygen atoms in total. The fraction of sp³-hybridized carbons (Fsp3) is 1.00. The molecule has 4 heteroatoms. The van der Waals surface area contributed by atoms with Crippen molar-refractivity contribution in [2.75, 3.05) is 13.2 Å². The summed E-state index contributed by atoms with van der Waals surface area (Å²) in [5.41, 5.74) is 0. The number of aliphatic hydroxyl groups is 3. The number of ether oxygens (including phenoxy) is 1. The van der Waals surface area contributed by atoms with Gasteiger partial charge in [-0.25, -0.2) is 0 Å². The molecule has 2 atom stereocenters. The molecule has 0 radical (unpaired) electrons. The van der Waals surface area contributed by atoms with E-state index in [-0.39, 0.29) is 6.61 Å². The van der Waals surface area contributed by atoms with E-state index in [4.69, 9.17) is 15.3 Å². The summed E-state index contributed by atoms with van der Waals surface area (Å²) >= 11 is 0. The van der Waals surface area contributed by atoms with Gasteiger partial charge in [-0.1, -0.05) is 0 Å². The zero-order chi connectivity index (χ0) is 6.20. The van der Waals surface area contributed by atoms with Crippen LogP contribution in [0.2, 0.25) is 0 Å². The summed E-state index contributed by atoms with van der Waals surface area (Å²) in [7, 11) is 0. The van der Waals surface area contributed by atoms with Crippen molar-refractivity contribution in [1.82, 2.24) is 0 Å². The van der Waals surface area contributed by atoms with E-state index in [0.29, 0.717) is 0 Å². The Bertz CT molecular complexity index is 94.0. The molecule has 8 heavy (non-hydrogen) atoms. The Kier molecular flexibility index (Phi) is 1.24. The molecule has 48 valence electrons. The minimum atomic E-state index is -1.44. The average Bonchev–Trinajstić information content (AvgIpc) is 2.44. The lowest BCUT2D eigenvalue weighted by Gasteiger charge is -1.94. The molecule has 0 aromatic carbocycles. The summed E-state index contributed by atoms with van der Waals surface area (Å²) in [6, 6.07) is 0. The van der Waals surface area contributed by atoms with Crippen molar-refractivity contribution < 1.29 is 20.1 Å². The molecule has 0 saturated carbocycles. The predicted molar refractivity (Wildman–Crippen MR) is 24.0 cm³/mol. The Hall–Kier alpha value is -0.160. The van der Waals surface area contributed by atoms with Gasteiger partial charge in [0.2, 0.25) is 5.79 Å². The number of hydrogen-bond acceptors (Lipinski definition) is 4. The minimum Gasteiger partial charge on any atom is -0.393 e. The van der Waals surface area contributed by atoms with Crippen molar-refractivity contribution in [2.24, 2.45) is 0 Å². The van der Waals surface area contributed by atoms with E-state index in [0.717, 1.165) is 0 Å². The molecule has 1 aliphatic rings. The zero-order valence-corrected chi connectivity index (χ0v) is 4.24. The third-order valence-electron chi connectivity index (χ3n) is 1.18. The second-order valence-corrected chi connectivity index (χ2v) is 1.79. The highest BCUT2D eigenvalue weighted by Gasteiger charge is 2.54. The summed E-state index contributed by atoms with van der Waals surface area (Å²) in [5, 5.41) is 25.3. The molecule has 1 aliphatic heterocycles. The van der Waals surface area contributed by atoms with Gasteiger partial charge in [-0.05, 0) is 0 Å². The lowest BCUT2D eigenvalue weighted by atomic mass is 10.3. The lowest BCUT2D eigenvalue weighted by Crippen LogP contribution is -2.20. The molecule has 1 rings (SSSR count). The normalized spacial score (nSPS) is 44.6. The topological polar surface area (TPSA) is 73.2 Å². The van der Waals surface area contributed by atoms with E-state index in [1.807, 2.05) is 0 Å². The molecule has 3 N–H and O–H groups in total. The Balaban J connectivity index is 2.31. The summed E-state index contributed by atoms with van der Waals surface area (Å²) in [6.07, 6.45) is -0.576. The van der Waals surface area contributed by atoms with Gasteiger partial charge in [0.1, 0.15) is 6.10 Å². The molecule has 0 aliphatic carbocycles. The van der Waals surface area contributed by atoms with Crippen LogP contribution in [-0.4, -0.2) is 40.4 Å². The van der Waals surface area contributed by atoms with Gasteiger partial charge in [0.15, 0.2) is 0 Å². The summed E-state index contributed by atoms with van der Waals surface area (Å²) < 4.78 is 4.46. The second kappa shape index (κ2) is 1.66. The van der Waals surface area contributed by atoms with Crippen LogP contribution in [-0.2, 0) is 4.74 Å². The van der Waals surface area contributed by atoms with E-state index in [9.17, 15) is 0 Å². The van der Waals surface area contributed by atoms with Crippen LogP contribution in [0.4, 0.5) is 0 Å². The van der Waals surface area contributed by atoms with Gasteiger partial charge in [-0.2, -0.15) is 0 Å². The first kappa shape index (κ1) is 5.97. The van der Waals surface area contributed by atoms with Crippen LogP contribution in [0, 0.1) is 0 Å². The quantitative estimate of drug-likeness (QED) is 0.371. The van der Waals surface area contributed by atoms with E-state index < -0.39 is 18.5 Å². The van der Waals surface area contributed by atoms with Crippen LogP contribution in [0.25, 0.3) is 0 Å². The Labute approximate surface area is 46.3 Å². The smallest absolute Gasteiger partial charge is 0.219 e. The van der Waals surface area contributed by atoms with Crippen LogP contribution < -0.4 is 0 Å². The largest absolute Gasteiger partial charge is 0.393 e. The van der Waals surface area contributed by atoms with Crippen LogP contribution >= 0.6 is 0 Å². The lowest BCUT2D eigenvalue weighted by molar-refractivity contribution is -0.0134. The number of aliphatic hydroxyl groups excluding tert-OH is 2. The maximum Gasteiger partial charge on any atom is 0.219 e. The van der Waals surface area contributed by atoms with Crippen molar-refractivity contribution in [3.8, 4) is 0 Å². The van der Waals surface area contributed by atoms with Gasteiger partial charge in [0.25, 0.3) is 0 Å². The summed E-state index contributed by atoms with van der Waals surface area (Å²) in [6.45, 7) is -0.685. The molecule has 0 bridgehead atoms. The van der Waals surface area contributed by atoms with Crippen molar-refractivity contribution in [2.45, 2.75) is 11.9 Å². The molecule has 1 heterocycles. The van der Waals surface area contributed by atoms with Gasteiger partial charge in [-0.15, -0.1) is 0 Å². The fourth-order valence-corrected chi connectivity index (χ4v) is 0.531. The molecule has 2 unspecified atom stereocenters. The molecule has 0 amide bonds. The molecule has 1 saturated heterocycles. The third kappa shape index (κ3) is 0.714. The van der Waals surface area contributed by atoms with Gasteiger partial charge in [0.05, 0.1) is 13.2 Å². The van der Waals surface area contributed by atoms with Crippen LogP contribution in [0.15, 0.2) is 0 Å². The Morgan fingerprint density at radius 1 is 1.50 bits per heavy atom. The molecule has 1 fully saturated rings. The second-order valence-electron chi connectivity index (χ2n) is 1.79. The van der Waals surface area contributed by atoms with Crippen molar-refractivity contribution in [3.05, 3.63) is 0 Å². The van der Waals surface area contributed by atoms with Gasteiger partial charge in [0, 0.05) is 0 Å². The first-order valence-corrected chi connectivity index (χ1v) is 2.35. The van der Waals surface area contributed by atoms with Crippen LogP contribution in [0.1, 0.15) is 0 Å². The number of rotatable bonds is 2. The summed E-state index contributed by atoms with van der Waals surface area (Å²) in [5.74, 6) is -1.44. The third-order valence-corrected chi connectivity index (χ3v) is 1.18. The van der Waals surface area contributed by atoms with E-state index >= 15 is 0 Å². The first-order valence-electron chi connectivity index (χ1n) is 2.35. The van der Waals surface area contributed by atoms with E-state index in [2.05, 4.69) is 4.74 Å². The highest BCUT2D eigenvalue weighted by atomic mass is 16.7. The Morgan fingerprint density at radius 3 is 2.25 bits per heavy atom. The van der Waals surface area contributed by atoms with Gasteiger partial charge in [-0.3, -0.25) is 0 Å². The van der Waals surface area contributed by atoms with Crippen LogP contribution in [0.5, 0.6) is 0 Å². The van der Waals surface area contributed by atoms with Crippen molar-refractivity contribution in [1.29, 1.82) is 0 Å². The number of epoxide rings is 1. The molecular weight excluding hydrogens is 112 g/mol.